The zero-order valence-corrected chi connectivity index (χ0v) is 10.7. The molecular formula is C15H22N2. The summed E-state index contributed by atoms with van der Waals surface area (Å²) in [6, 6.07) is 5.23. The number of hydrogen-bond donors (Lipinski definition) is 1. The maximum absolute atomic E-state index is 4.14. The molecule has 3 rings (SSSR count). The van der Waals surface area contributed by atoms with Gasteiger partial charge in [0.25, 0.3) is 0 Å². The quantitative estimate of drug-likeness (QED) is 0.841. The third-order valence-electron chi connectivity index (χ3n) is 4.54. The van der Waals surface area contributed by atoms with Crippen LogP contribution in [-0.4, -0.2) is 17.6 Å². The molecule has 0 bridgehead atoms. The van der Waals surface area contributed by atoms with Crippen LogP contribution in [0.25, 0.3) is 0 Å². The van der Waals surface area contributed by atoms with Crippen molar-refractivity contribution in [2.45, 2.75) is 50.5 Å². The fraction of sp³-hybridized carbons (Fsp3) is 0.667. The molecule has 17 heavy (non-hydrogen) atoms. The van der Waals surface area contributed by atoms with E-state index in [1.165, 1.54) is 37.7 Å². The number of rotatable bonds is 5. The highest BCUT2D eigenvalue weighted by molar-refractivity contribution is 5.27. The second-order valence-electron chi connectivity index (χ2n) is 5.85. The van der Waals surface area contributed by atoms with E-state index >= 15 is 0 Å². The average molecular weight is 230 g/mol. The largest absolute Gasteiger partial charge is 0.313 e. The van der Waals surface area contributed by atoms with Crippen LogP contribution in [0.4, 0.5) is 0 Å². The highest BCUT2D eigenvalue weighted by Gasteiger charge is 2.44. The van der Waals surface area contributed by atoms with Gasteiger partial charge in [-0.25, -0.2) is 0 Å². The molecule has 0 amide bonds. The van der Waals surface area contributed by atoms with E-state index in [2.05, 4.69) is 29.4 Å². The van der Waals surface area contributed by atoms with Crippen LogP contribution in [0.3, 0.4) is 0 Å². The van der Waals surface area contributed by atoms with E-state index in [4.69, 9.17) is 0 Å². The van der Waals surface area contributed by atoms with Gasteiger partial charge in [-0.05, 0) is 49.3 Å². The predicted molar refractivity (Wildman–Crippen MR) is 70.0 cm³/mol. The van der Waals surface area contributed by atoms with E-state index in [9.17, 15) is 0 Å². The number of pyridine rings is 1. The van der Waals surface area contributed by atoms with Crippen molar-refractivity contribution >= 4 is 0 Å². The van der Waals surface area contributed by atoms with E-state index in [1.54, 1.807) is 0 Å². The lowest BCUT2D eigenvalue weighted by Gasteiger charge is -2.48. The number of nitrogens with one attached hydrogen (secondary N) is 1. The van der Waals surface area contributed by atoms with Crippen molar-refractivity contribution in [1.82, 2.24) is 10.3 Å². The lowest BCUT2D eigenvalue weighted by atomic mass is 9.58. The van der Waals surface area contributed by atoms with Crippen LogP contribution >= 0.6 is 0 Å². The molecule has 0 spiro atoms. The second-order valence-corrected chi connectivity index (χ2v) is 5.85. The van der Waals surface area contributed by atoms with Gasteiger partial charge in [0.15, 0.2) is 0 Å². The van der Waals surface area contributed by atoms with Crippen molar-refractivity contribution in [2.24, 2.45) is 5.92 Å². The molecule has 2 nitrogen and oxygen atoms in total. The third kappa shape index (κ3) is 2.23. The molecule has 0 saturated heterocycles. The van der Waals surface area contributed by atoms with Gasteiger partial charge in [-0.1, -0.05) is 13.3 Å². The summed E-state index contributed by atoms with van der Waals surface area (Å²) in [5.74, 6) is 0.934. The lowest BCUT2D eigenvalue weighted by molar-refractivity contribution is 0.133. The van der Waals surface area contributed by atoms with E-state index in [0.717, 1.165) is 18.5 Å². The van der Waals surface area contributed by atoms with Crippen molar-refractivity contribution in [1.29, 1.82) is 0 Å². The number of nitrogens with zero attached hydrogens (tertiary/aromatic N) is 1. The molecule has 0 unspecified atom stereocenters. The van der Waals surface area contributed by atoms with Crippen LogP contribution in [0.5, 0.6) is 0 Å². The summed E-state index contributed by atoms with van der Waals surface area (Å²) in [6.45, 7) is 3.48. The molecular weight excluding hydrogens is 208 g/mol. The maximum Gasteiger partial charge on any atom is 0.0270 e. The first-order valence-corrected chi connectivity index (χ1v) is 6.96. The summed E-state index contributed by atoms with van der Waals surface area (Å²) >= 11 is 0. The summed E-state index contributed by atoms with van der Waals surface area (Å²) in [7, 11) is 0. The predicted octanol–water partition coefficient (Wildman–Crippen LogP) is 2.89. The first-order valence-electron chi connectivity index (χ1n) is 6.96. The van der Waals surface area contributed by atoms with E-state index in [0.29, 0.717) is 5.41 Å². The normalized spacial score (nSPS) is 32.2. The molecule has 1 heterocycles. The van der Waals surface area contributed by atoms with Crippen molar-refractivity contribution in [3.63, 3.8) is 0 Å². The van der Waals surface area contributed by atoms with Gasteiger partial charge < -0.3 is 5.32 Å². The molecule has 92 valence electrons. The van der Waals surface area contributed by atoms with E-state index < -0.39 is 0 Å². The molecule has 2 fully saturated rings. The standard InChI is InChI=1S/C15H22N2/c1-2-12-9-15(10-12,11-17-14-3-4-14)13-5-7-16-8-6-13/h5-8,12,14,17H,2-4,9-11H2,1H3. The summed E-state index contributed by atoms with van der Waals surface area (Å²) < 4.78 is 0. The van der Waals surface area contributed by atoms with Gasteiger partial charge in [0.1, 0.15) is 0 Å². The van der Waals surface area contributed by atoms with E-state index in [1.807, 2.05) is 12.4 Å². The Morgan fingerprint density at radius 1 is 1.29 bits per heavy atom. The minimum absolute atomic E-state index is 0.409. The van der Waals surface area contributed by atoms with Crippen molar-refractivity contribution in [2.75, 3.05) is 6.54 Å². The van der Waals surface area contributed by atoms with Crippen LogP contribution in [-0.2, 0) is 5.41 Å². The molecule has 2 aliphatic carbocycles. The Bertz CT molecular complexity index is 364. The number of aromatic nitrogens is 1. The van der Waals surface area contributed by atoms with Gasteiger partial charge in [0, 0.05) is 30.4 Å². The van der Waals surface area contributed by atoms with Crippen LogP contribution in [0.15, 0.2) is 24.5 Å². The highest BCUT2D eigenvalue weighted by atomic mass is 15.0. The van der Waals surface area contributed by atoms with Crippen LogP contribution in [0.1, 0.15) is 44.6 Å². The van der Waals surface area contributed by atoms with E-state index in [-0.39, 0.29) is 0 Å². The van der Waals surface area contributed by atoms with Crippen molar-refractivity contribution in [3.05, 3.63) is 30.1 Å². The number of hydrogen-bond acceptors (Lipinski definition) is 2. The SMILES string of the molecule is CCC1CC(CNC2CC2)(c2ccncc2)C1. The Morgan fingerprint density at radius 2 is 2.00 bits per heavy atom. The molecule has 0 radical (unpaired) electrons. The summed E-state index contributed by atoms with van der Waals surface area (Å²) in [5.41, 5.74) is 1.90. The fourth-order valence-electron chi connectivity index (χ4n) is 3.15. The minimum Gasteiger partial charge on any atom is -0.313 e. The Labute approximate surface area is 104 Å². The molecule has 1 aromatic rings. The van der Waals surface area contributed by atoms with Gasteiger partial charge in [0.2, 0.25) is 0 Å². The Balaban J connectivity index is 1.72. The van der Waals surface area contributed by atoms with Gasteiger partial charge in [0.05, 0.1) is 0 Å². The van der Waals surface area contributed by atoms with Gasteiger partial charge in [-0.2, -0.15) is 0 Å². The van der Waals surface area contributed by atoms with Crippen molar-refractivity contribution < 1.29 is 0 Å². The first kappa shape index (κ1) is 11.2. The zero-order chi connectivity index (χ0) is 11.7. The molecule has 2 saturated carbocycles. The Hall–Kier alpha value is -0.890. The Morgan fingerprint density at radius 3 is 2.59 bits per heavy atom. The second kappa shape index (κ2) is 4.41. The third-order valence-corrected chi connectivity index (χ3v) is 4.54. The maximum atomic E-state index is 4.14. The molecule has 0 aliphatic heterocycles. The molecule has 2 heteroatoms. The highest BCUT2D eigenvalue weighted by Crippen LogP contribution is 2.48. The minimum atomic E-state index is 0.409. The summed E-state index contributed by atoms with van der Waals surface area (Å²) in [4.78, 5) is 4.14. The summed E-state index contributed by atoms with van der Waals surface area (Å²) in [5, 5.41) is 3.72. The van der Waals surface area contributed by atoms with Crippen molar-refractivity contribution in [3.8, 4) is 0 Å². The fourth-order valence-corrected chi connectivity index (χ4v) is 3.15. The molecule has 1 aromatic heterocycles. The molecule has 2 aliphatic rings. The van der Waals surface area contributed by atoms with Crippen LogP contribution in [0, 0.1) is 5.92 Å². The Kier molecular flexibility index (Phi) is 2.91. The zero-order valence-electron chi connectivity index (χ0n) is 10.7. The monoisotopic (exact) mass is 230 g/mol. The van der Waals surface area contributed by atoms with Crippen LogP contribution < -0.4 is 5.32 Å². The first-order chi connectivity index (χ1) is 8.32. The smallest absolute Gasteiger partial charge is 0.0270 e. The van der Waals surface area contributed by atoms with Crippen LogP contribution in [0.2, 0.25) is 0 Å². The average Bonchev–Trinajstić information content (AvgIpc) is 3.13. The summed E-state index contributed by atoms with van der Waals surface area (Å²) in [6.07, 6.45) is 10.7. The lowest BCUT2D eigenvalue weighted by Crippen LogP contribution is -2.49. The van der Waals surface area contributed by atoms with Gasteiger partial charge in [-0.3, -0.25) is 4.98 Å². The van der Waals surface area contributed by atoms with Gasteiger partial charge >= 0.3 is 0 Å². The topological polar surface area (TPSA) is 24.9 Å². The molecule has 0 atom stereocenters. The molecule has 1 N–H and O–H groups in total. The molecule has 0 aromatic carbocycles. The van der Waals surface area contributed by atoms with Gasteiger partial charge in [-0.15, -0.1) is 0 Å².